The van der Waals surface area contributed by atoms with Gasteiger partial charge in [-0.25, -0.2) is 8.42 Å². The first-order valence-corrected chi connectivity index (χ1v) is 9.57. The van der Waals surface area contributed by atoms with E-state index in [-0.39, 0.29) is 11.3 Å². The molecule has 0 saturated carbocycles. The number of hydrogen-bond donors (Lipinski definition) is 3. The highest BCUT2D eigenvalue weighted by molar-refractivity contribution is 7.89. The number of benzene rings is 2. The van der Waals surface area contributed by atoms with Gasteiger partial charge in [0.2, 0.25) is 10.0 Å². The summed E-state index contributed by atoms with van der Waals surface area (Å²) in [6.45, 7) is 2.86. The molecule has 0 bridgehead atoms. The number of aromatic hydroxyl groups is 1. The van der Waals surface area contributed by atoms with Crippen LogP contribution in [-0.4, -0.2) is 30.6 Å². The third-order valence-corrected chi connectivity index (χ3v) is 5.49. The van der Waals surface area contributed by atoms with Crippen LogP contribution in [0.2, 0.25) is 0 Å². The highest BCUT2D eigenvalue weighted by Gasteiger charge is 2.39. The van der Waals surface area contributed by atoms with E-state index in [1.54, 1.807) is 0 Å². The quantitative estimate of drug-likeness (QED) is 0.668. The molecule has 1 atom stereocenters. The molecule has 152 valence electrons. The molecule has 0 amide bonds. The number of halogens is 3. The molecule has 6 nitrogen and oxygen atoms in total. The van der Waals surface area contributed by atoms with E-state index in [9.17, 15) is 31.5 Å². The van der Waals surface area contributed by atoms with Crippen LogP contribution < -0.4 is 4.72 Å². The van der Waals surface area contributed by atoms with Crippen molar-refractivity contribution in [1.29, 1.82) is 0 Å². The first-order chi connectivity index (χ1) is 12.8. The van der Waals surface area contributed by atoms with Gasteiger partial charge in [-0.2, -0.15) is 17.9 Å². The third kappa shape index (κ3) is 4.82. The molecule has 0 fully saturated rings. The number of carboxylic acid groups (broad SMARTS) is 1. The summed E-state index contributed by atoms with van der Waals surface area (Å²) in [7, 11) is -4.76. The van der Waals surface area contributed by atoms with E-state index in [0.717, 1.165) is 6.07 Å². The molecule has 2 rings (SSSR count). The molecular weight excluding hydrogens is 399 g/mol. The smallest absolute Gasteiger partial charge is 0.417 e. The van der Waals surface area contributed by atoms with E-state index < -0.39 is 44.6 Å². The molecular formula is C18H18F3NO5S. The average molecular weight is 417 g/mol. The molecule has 0 spiro atoms. The summed E-state index contributed by atoms with van der Waals surface area (Å²) < 4.78 is 67.5. The second-order valence-electron chi connectivity index (χ2n) is 6.44. The van der Waals surface area contributed by atoms with Crippen LogP contribution >= 0.6 is 0 Å². The van der Waals surface area contributed by atoms with E-state index in [4.69, 9.17) is 5.11 Å². The van der Waals surface area contributed by atoms with E-state index in [2.05, 4.69) is 0 Å². The zero-order valence-electron chi connectivity index (χ0n) is 14.9. The van der Waals surface area contributed by atoms with Crippen LogP contribution in [0.5, 0.6) is 5.75 Å². The number of carbonyl (C=O) groups is 1. The molecule has 0 heterocycles. The number of alkyl halides is 3. The van der Waals surface area contributed by atoms with Crippen LogP contribution in [0.25, 0.3) is 11.1 Å². The lowest BCUT2D eigenvalue weighted by Gasteiger charge is -2.20. The Hall–Kier alpha value is -2.59. The minimum Gasteiger partial charge on any atom is -0.508 e. The van der Waals surface area contributed by atoms with Gasteiger partial charge in [-0.1, -0.05) is 32.0 Å². The molecule has 3 N–H and O–H groups in total. The van der Waals surface area contributed by atoms with Gasteiger partial charge in [0.25, 0.3) is 0 Å². The van der Waals surface area contributed by atoms with Crippen LogP contribution in [0.1, 0.15) is 19.4 Å². The van der Waals surface area contributed by atoms with Crippen molar-refractivity contribution in [2.45, 2.75) is 31.0 Å². The van der Waals surface area contributed by atoms with Crippen molar-refractivity contribution in [3.63, 3.8) is 0 Å². The molecule has 0 aliphatic heterocycles. The number of phenols is 1. The van der Waals surface area contributed by atoms with Gasteiger partial charge < -0.3 is 10.2 Å². The third-order valence-electron chi connectivity index (χ3n) is 3.99. The Kier molecular flexibility index (Phi) is 6.05. The zero-order chi connectivity index (χ0) is 21.3. The Labute approximate surface area is 159 Å². The highest BCUT2D eigenvalue weighted by atomic mass is 32.2. The van der Waals surface area contributed by atoms with Crippen LogP contribution in [0.15, 0.2) is 47.4 Å². The van der Waals surface area contributed by atoms with Gasteiger partial charge in [0.15, 0.2) is 0 Å². The largest absolute Gasteiger partial charge is 0.508 e. The van der Waals surface area contributed by atoms with E-state index >= 15 is 0 Å². The van der Waals surface area contributed by atoms with Gasteiger partial charge in [-0.15, -0.1) is 0 Å². The van der Waals surface area contributed by atoms with E-state index in [1.807, 2.05) is 4.72 Å². The molecule has 0 saturated heterocycles. The number of sulfonamides is 1. The second kappa shape index (κ2) is 7.80. The van der Waals surface area contributed by atoms with Crippen molar-refractivity contribution in [1.82, 2.24) is 4.72 Å². The second-order valence-corrected chi connectivity index (χ2v) is 8.12. The number of nitrogens with one attached hydrogen (secondary N) is 1. The van der Waals surface area contributed by atoms with Gasteiger partial charge in [0, 0.05) is 0 Å². The Morgan fingerprint density at radius 3 is 2.04 bits per heavy atom. The lowest BCUT2D eigenvalue weighted by atomic mass is 10.0. The molecule has 0 aromatic heterocycles. The maximum atomic E-state index is 13.5. The van der Waals surface area contributed by atoms with Crippen LogP contribution in [0.3, 0.4) is 0 Å². The average Bonchev–Trinajstić information content (AvgIpc) is 2.58. The summed E-state index contributed by atoms with van der Waals surface area (Å²) in [6.07, 6.45) is -4.99. The molecule has 2 aromatic rings. The Morgan fingerprint density at radius 1 is 1.04 bits per heavy atom. The van der Waals surface area contributed by atoms with Crippen molar-refractivity contribution < 1.29 is 36.6 Å². The predicted molar refractivity (Wildman–Crippen MR) is 95.1 cm³/mol. The summed E-state index contributed by atoms with van der Waals surface area (Å²) in [5.41, 5.74) is -0.991. The standard InChI is InChI=1S/C18H18F3NO5S/c1-10(2)16(17(24)25)22-28(26,27)15-8-5-12(9-14(15)18(19,20)21)11-3-6-13(23)7-4-11/h3-10,16,22-23H,1-2H3,(H,24,25). The first-order valence-electron chi connectivity index (χ1n) is 8.08. The van der Waals surface area contributed by atoms with Gasteiger partial charge in [0.05, 0.1) is 10.5 Å². The normalized spacial score (nSPS) is 13.5. The molecule has 10 heteroatoms. The zero-order valence-corrected chi connectivity index (χ0v) is 15.7. The highest BCUT2D eigenvalue weighted by Crippen LogP contribution is 2.37. The number of phenolic OH excluding ortho intramolecular Hbond substituents is 1. The first kappa shape index (κ1) is 21.7. The predicted octanol–water partition coefficient (Wildman–Crippen LogP) is 3.47. The molecule has 0 aliphatic rings. The van der Waals surface area contributed by atoms with Crippen molar-refractivity contribution in [3.05, 3.63) is 48.0 Å². The minimum absolute atomic E-state index is 0.0726. The molecule has 2 aromatic carbocycles. The fourth-order valence-electron chi connectivity index (χ4n) is 2.52. The number of carboxylic acids is 1. The summed E-state index contributed by atoms with van der Waals surface area (Å²) in [6, 6.07) is 6.40. The van der Waals surface area contributed by atoms with E-state index in [0.29, 0.717) is 11.6 Å². The minimum atomic E-state index is -4.99. The van der Waals surface area contributed by atoms with Crippen LogP contribution in [0.4, 0.5) is 13.2 Å². The summed E-state index contributed by atoms with van der Waals surface area (Å²) in [5.74, 6) is -2.25. The van der Waals surface area contributed by atoms with Crippen molar-refractivity contribution in [2.24, 2.45) is 5.92 Å². The van der Waals surface area contributed by atoms with Gasteiger partial charge in [-0.05, 0) is 41.3 Å². The Balaban J connectivity index is 2.57. The molecule has 0 radical (unpaired) electrons. The van der Waals surface area contributed by atoms with E-state index in [1.165, 1.54) is 44.2 Å². The van der Waals surface area contributed by atoms with Gasteiger partial charge >= 0.3 is 12.1 Å². The van der Waals surface area contributed by atoms with Gasteiger partial charge in [-0.3, -0.25) is 4.79 Å². The topological polar surface area (TPSA) is 104 Å². The summed E-state index contributed by atoms with van der Waals surface area (Å²) in [4.78, 5) is 10.2. The fourth-order valence-corrected chi connectivity index (χ4v) is 4.07. The van der Waals surface area contributed by atoms with Gasteiger partial charge in [0.1, 0.15) is 11.8 Å². The Bertz CT molecular complexity index is 970. The fraction of sp³-hybridized carbons (Fsp3) is 0.278. The molecule has 1 unspecified atom stereocenters. The number of hydrogen-bond acceptors (Lipinski definition) is 4. The van der Waals surface area contributed by atoms with Crippen molar-refractivity contribution >= 4 is 16.0 Å². The van der Waals surface area contributed by atoms with Crippen molar-refractivity contribution in [2.75, 3.05) is 0 Å². The number of rotatable bonds is 6. The summed E-state index contributed by atoms with van der Waals surface area (Å²) >= 11 is 0. The molecule has 0 aliphatic carbocycles. The SMILES string of the molecule is CC(C)C(NS(=O)(=O)c1ccc(-c2ccc(O)cc2)cc1C(F)(F)F)C(=O)O. The number of aliphatic carboxylic acids is 1. The van der Waals surface area contributed by atoms with Crippen LogP contribution in [0, 0.1) is 5.92 Å². The lowest BCUT2D eigenvalue weighted by Crippen LogP contribution is -2.44. The lowest BCUT2D eigenvalue weighted by molar-refractivity contribution is -0.140. The van der Waals surface area contributed by atoms with Crippen molar-refractivity contribution in [3.8, 4) is 16.9 Å². The maximum Gasteiger partial charge on any atom is 0.417 e. The maximum absolute atomic E-state index is 13.5. The Morgan fingerprint density at radius 2 is 1.57 bits per heavy atom. The summed E-state index contributed by atoms with van der Waals surface area (Å²) in [5, 5.41) is 18.4. The van der Waals surface area contributed by atoms with Crippen LogP contribution in [-0.2, 0) is 21.0 Å². The monoisotopic (exact) mass is 417 g/mol. The molecule has 28 heavy (non-hydrogen) atoms.